The van der Waals surface area contributed by atoms with Gasteiger partial charge in [-0.1, -0.05) is 55.2 Å². The molecule has 25 heavy (non-hydrogen) atoms. The van der Waals surface area contributed by atoms with Gasteiger partial charge in [-0.25, -0.2) is 0 Å². The van der Waals surface area contributed by atoms with Gasteiger partial charge in [-0.2, -0.15) is 0 Å². The van der Waals surface area contributed by atoms with E-state index in [4.69, 9.17) is 11.5 Å². The van der Waals surface area contributed by atoms with E-state index in [2.05, 4.69) is 54.9 Å². The molecule has 0 aliphatic carbocycles. The van der Waals surface area contributed by atoms with Crippen molar-refractivity contribution in [2.24, 2.45) is 0 Å². The molecule has 1 saturated heterocycles. The summed E-state index contributed by atoms with van der Waals surface area (Å²) in [5, 5.41) is 1.54. The summed E-state index contributed by atoms with van der Waals surface area (Å²) in [5.41, 5.74) is 16.3. The zero-order valence-electron chi connectivity index (χ0n) is 15.8. The average Bonchev–Trinajstić information content (AvgIpc) is 2.56. The number of nitrogens with two attached hydrogens (primary N) is 2. The second-order valence-corrected chi connectivity index (χ2v) is 13.5. The molecule has 1 heterocycles. The third-order valence-electron chi connectivity index (χ3n) is 5.36. The largest absolute Gasteiger partial charge is 0.399 e. The van der Waals surface area contributed by atoms with E-state index < -0.39 is 8.07 Å². The van der Waals surface area contributed by atoms with Crippen molar-refractivity contribution in [2.75, 3.05) is 24.6 Å². The number of anilines is 2. The quantitative estimate of drug-likeness (QED) is 0.650. The van der Waals surface area contributed by atoms with E-state index in [-0.39, 0.29) is 0 Å². The van der Waals surface area contributed by atoms with Gasteiger partial charge in [-0.15, -0.1) is 0 Å². The number of hydrogen-bond acceptors (Lipinski definition) is 3. The molecule has 4 heteroatoms. The molecule has 0 amide bonds. The Labute approximate surface area is 153 Å². The molecule has 0 atom stereocenters. The second kappa shape index (κ2) is 7.22. The van der Waals surface area contributed by atoms with Crippen LogP contribution in [0.5, 0.6) is 0 Å². The van der Waals surface area contributed by atoms with E-state index in [0.717, 1.165) is 31.0 Å². The van der Waals surface area contributed by atoms with Crippen LogP contribution in [0.4, 0.5) is 11.4 Å². The minimum absolute atomic E-state index is 0.561. The van der Waals surface area contributed by atoms with Crippen molar-refractivity contribution in [3.63, 3.8) is 0 Å². The number of likely N-dealkylation sites (tertiary alicyclic amines) is 1. The van der Waals surface area contributed by atoms with Crippen LogP contribution in [0.3, 0.4) is 0 Å². The fourth-order valence-corrected chi connectivity index (χ4v) is 4.90. The molecule has 3 rings (SSSR count). The fourth-order valence-electron chi connectivity index (χ4n) is 3.74. The Balaban J connectivity index is 1.57. The molecule has 1 aliphatic heterocycles. The van der Waals surface area contributed by atoms with Gasteiger partial charge in [0, 0.05) is 17.9 Å². The zero-order chi connectivity index (χ0) is 18.0. The van der Waals surface area contributed by atoms with Gasteiger partial charge < -0.3 is 11.5 Å². The summed E-state index contributed by atoms with van der Waals surface area (Å²) >= 11 is 0. The van der Waals surface area contributed by atoms with Crippen LogP contribution in [0.25, 0.3) is 0 Å². The summed E-state index contributed by atoms with van der Waals surface area (Å²) in [6, 6.07) is 15.3. The van der Waals surface area contributed by atoms with Gasteiger partial charge in [0.15, 0.2) is 0 Å². The molecule has 4 N–H and O–H groups in total. The second-order valence-electron chi connectivity index (χ2n) is 8.39. The van der Waals surface area contributed by atoms with E-state index in [0.29, 0.717) is 5.92 Å². The van der Waals surface area contributed by atoms with Crippen LogP contribution in [0.1, 0.15) is 29.9 Å². The van der Waals surface area contributed by atoms with Crippen molar-refractivity contribution < 1.29 is 0 Å². The molecule has 3 nitrogen and oxygen atoms in total. The first-order chi connectivity index (χ1) is 11.8. The Morgan fingerprint density at radius 3 is 2.16 bits per heavy atom. The molecular weight excluding hydrogens is 322 g/mol. The predicted octanol–water partition coefficient (Wildman–Crippen LogP) is 3.78. The first kappa shape index (κ1) is 18.0. The Morgan fingerprint density at radius 1 is 0.960 bits per heavy atom. The van der Waals surface area contributed by atoms with Crippen molar-refractivity contribution in [2.45, 2.75) is 44.9 Å². The standard InChI is InChI=1S/C21H31N3Si/c1-25(2,3)19-7-4-16(5-8-19)15-24-12-10-17(11-13-24)20-9-6-18(22)14-21(20)23/h4-9,14,17H,10-13,15,22-23H2,1-3H3. The van der Waals surface area contributed by atoms with E-state index >= 15 is 0 Å². The smallest absolute Gasteiger partial charge is 0.0775 e. The third-order valence-corrected chi connectivity index (χ3v) is 7.43. The molecule has 2 aromatic carbocycles. The molecule has 1 fully saturated rings. The minimum atomic E-state index is -1.20. The van der Waals surface area contributed by atoms with Gasteiger partial charge in [0.2, 0.25) is 0 Å². The van der Waals surface area contributed by atoms with Crippen molar-refractivity contribution >= 4 is 24.6 Å². The number of nitrogens with zero attached hydrogens (tertiary/aromatic N) is 1. The maximum Gasteiger partial charge on any atom is 0.0775 e. The van der Waals surface area contributed by atoms with Gasteiger partial charge in [-0.3, -0.25) is 4.90 Å². The Kier molecular flexibility index (Phi) is 5.20. The van der Waals surface area contributed by atoms with Crippen LogP contribution in [0.2, 0.25) is 19.6 Å². The third kappa shape index (κ3) is 4.44. The summed E-state index contributed by atoms with van der Waals surface area (Å²) in [6.07, 6.45) is 2.34. The fraction of sp³-hybridized carbons (Fsp3) is 0.429. The van der Waals surface area contributed by atoms with Gasteiger partial charge >= 0.3 is 0 Å². The lowest BCUT2D eigenvalue weighted by atomic mass is 9.88. The number of rotatable bonds is 4. The number of benzene rings is 2. The van der Waals surface area contributed by atoms with Crippen LogP contribution in [0, 0.1) is 0 Å². The molecule has 0 bridgehead atoms. The topological polar surface area (TPSA) is 55.3 Å². The van der Waals surface area contributed by atoms with Crippen molar-refractivity contribution in [3.05, 3.63) is 53.6 Å². The first-order valence-electron chi connectivity index (χ1n) is 9.29. The normalized spacial score (nSPS) is 16.9. The summed E-state index contributed by atoms with van der Waals surface area (Å²) in [5.74, 6) is 0.561. The molecule has 0 saturated carbocycles. The summed E-state index contributed by atoms with van der Waals surface area (Å²) < 4.78 is 0. The Hall–Kier alpha value is -1.78. The van der Waals surface area contributed by atoms with Crippen molar-refractivity contribution in [1.82, 2.24) is 4.90 Å². The van der Waals surface area contributed by atoms with Gasteiger partial charge in [0.25, 0.3) is 0 Å². The summed E-state index contributed by atoms with van der Waals surface area (Å²) in [6.45, 7) is 10.5. The predicted molar refractivity (Wildman–Crippen MR) is 112 cm³/mol. The van der Waals surface area contributed by atoms with E-state index in [1.807, 2.05) is 12.1 Å². The molecule has 0 spiro atoms. The highest BCUT2D eigenvalue weighted by Gasteiger charge is 2.22. The highest BCUT2D eigenvalue weighted by molar-refractivity contribution is 6.88. The molecule has 0 unspecified atom stereocenters. The van der Waals surface area contributed by atoms with Crippen molar-refractivity contribution in [3.8, 4) is 0 Å². The highest BCUT2D eigenvalue weighted by atomic mass is 28.3. The lowest BCUT2D eigenvalue weighted by Crippen LogP contribution is -2.37. The minimum Gasteiger partial charge on any atom is -0.399 e. The lowest BCUT2D eigenvalue weighted by Gasteiger charge is -2.32. The molecular formula is C21H31N3Si. The van der Waals surface area contributed by atoms with Crippen LogP contribution < -0.4 is 16.7 Å². The van der Waals surface area contributed by atoms with Gasteiger partial charge in [0.1, 0.15) is 0 Å². The molecule has 1 aliphatic rings. The van der Waals surface area contributed by atoms with E-state index in [1.165, 1.54) is 29.2 Å². The van der Waals surface area contributed by atoms with E-state index in [9.17, 15) is 0 Å². The number of nitrogen functional groups attached to an aromatic ring is 2. The Morgan fingerprint density at radius 2 is 1.60 bits per heavy atom. The molecule has 0 radical (unpaired) electrons. The number of piperidine rings is 1. The van der Waals surface area contributed by atoms with E-state index in [1.54, 1.807) is 0 Å². The lowest BCUT2D eigenvalue weighted by molar-refractivity contribution is 0.205. The maximum atomic E-state index is 6.17. The van der Waals surface area contributed by atoms with Crippen molar-refractivity contribution in [1.29, 1.82) is 0 Å². The van der Waals surface area contributed by atoms with Crippen LogP contribution in [-0.4, -0.2) is 26.1 Å². The molecule has 2 aromatic rings. The van der Waals surface area contributed by atoms with Gasteiger partial charge in [0.05, 0.1) is 8.07 Å². The number of hydrogen-bond donors (Lipinski definition) is 2. The molecule has 0 aromatic heterocycles. The highest BCUT2D eigenvalue weighted by Crippen LogP contribution is 2.33. The Bertz CT molecular complexity index is 711. The van der Waals surface area contributed by atoms with Gasteiger partial charge in [-0.05, 0) is 55.1 Å². The van der Waals surface area contributed by atoms with Crippen LogP contribution in [-0.2, 0) is 6.54 Å². The molecule has 134 valence electrons. The monoisotopic (exact) mass is 353 g/mol. The maximum absolute atomic E-state index is 6.17. The summed E-state index contributed by atoms with van der Waals surface area (Å²) in [7, 11) is -1.20. The SMILES string of the molecule is C[Si](C)(C)c1ccc(CN2CCC(c3ccc(N)cc3N)CC2)cc1. The van der Waals surface area contributed by atoms with Crippen LogP contribution in [0.15, 0.2) is 42.5 Å². The van der Waals surface area contributed by atoms with Crippen LogP contribution >= 0.6 is 0 Å². The average molecular weight is 354 g/mol. The zero-order valence-corrected chi connectivity index (χ0v) is 16.8. The first-order valence-corrected chi connectivity index (χ1v) is 12.8. The summed E-state index contributed by atoms with van der Waals surface area (Å²) in [4.78, 5) is 2.56.